The molecular formula is C15H20Cl2N2. The van der Waals surface area contributed by atoms with Crippen molar-refractivity contribution in [2.75, 3.05) is 0 Å². The van der Waals surface area contributed by atoms with Gasteiger partial charge in [0.2, 0.25) is 0 Å². The Morgan fingerprint density at radius 3 is 2.47 bits per heavy atom. The van der Waals surface area contributed by atoms with Crippen molar-refractivity contribution in [3.8, 4) is 0 Å². The van der Waals surface area contributed by atoms with Crippen molar-refractivity contribution in [2.24, 2.45) is 5.73 Å². The molecule has 0 aromatic heterocycles. The van der Waals surface area contributed by atoms with Crippen molar-refractivity contribution in [2.45, 2.75) is 56.8 Å². The Kier molecular flexibility index (Phi) is 3.78. The van der Waals surface area contributed by atoms with Crippen molar-refractivity contribution in [3.05, 3.63) is 33.8 Å². The van der Waals surface area contributed by atoms with E-state index >= 15 is 0 Å². The van der Waals surface area contributed by atoms with E-state index in [1.807, 2.05) is 18.2 Å². The summed E-state index contributed by atoms with van der Waals surface area (Å²) in [5.74, 6) is 0. The maximum Gasteiger partial charge on any atom is 0.0454 e. The van der Waals surface area contributed by atoms with Gasteiger partial charge in [0.1, 0.15) is 0 Å². The molecule has 0 saturated carbocycles. The van der Waals surface area contributed by atoms with Crippen LogP contribution in [0.2, 0.25) is 10.0 Å². The molecule has 2 aliphatic heterocycles. The molecule has 2 aliphatic rings. The zero-order chi connectivity index (χ0) is 13.6. The number of piperidine rings is 1. The average Bonchev–Trinajstić information content (AvgIpc) is 2.64. The second kappa shape index (κ2) is 5.25. The summed E-state index contributed by atoms with van der Waals surface area (Å²) in [5.41, 5.74) is 7.28. The summed E-state index contributed by atoms with van der Waals surface area (Å²) in [4.78, 5) is 2.61. The van der Waals surface area contributed by atoms with Gasteiger partial charge in [0, 0.05) is 34.2 Å². The first-order chi connectivity index (χ1) is 9.06. The lowest BCUT2D eigenvalue weighted by Crippen LogP contribution is -2.48. The normalized spacial score (nSPS) is 32.5. The lowest BCUT2D eigenvalue weighted by Gasteiger charge is -2.42. The van der Waals surface area contributed by atoms with Gasteiger partial charge in [-0.25, -0.2) is 0 Å². The van der Waals surface area contributed by atoms with E-state index in [0.29, 0.717) is 24.2 Å². The van der Waals surface area contributed by atoms with Crippen LogP contribution in [0.1, 0.15) is 44.2 Å². The number of nitrogens with two attached hydrogens (primary N) is 1. The summed E-state index contributed by atoms with van der Waals surface area (Å²) < 4.78 is 0. The average molecular weight is 299 g/mol. The maximum absolute atomic E-state index is 6.34. The SMILES string of the molecule is CC(c1cc(Cl)ccc1Cl)N1C2CCC1CC(N)C2. The van der Waals surface area contributed by atoms with Crippen LogP contribution in [0.3, 0.4) is 0 Å². The molecule has 19 heavy (non-hydrogen) atoms. The van der Waals surface area contributed by atoms with E-state index in [-0.39, 0.29) is 0 Å². The summed E-state index contributed by atoms with van der Waals surface area (Å²) in [5, 5.41) is 1.57. The highest BCUT2D eigenvalue weighted by Gasteiger charge is 2.42. The molecule has 2 saturated heterocycles. The van der Waals surface area contributed by atoms with Gasteiger partial charge in [-0.2, -0.15) is 0 Å². The minimum atomic E-state index is 0.316. The lowest BCUT2D eigenvalue weighted by molar-refractivity contribution is 0.0854. The Labute approximate surface area is 124 Å². The van der Waals surface area contributed by atoms with Gasteiger partial charge in [-0.05, 0) is 56.4 Å². The van der Waals surface area contributed by atoms with Crippen molar-refractivity contribution in [3.63, 3.8) is 0 Å². The third-order valence-electron chi connectivity index (χ3n) is 4.68. The first-order valence-corrected chi connectivity index (χ1v) is 7.80. The Morgan fingerprint density at radius 1 is 1.21 bits per heavy atom. The zero-order valence-corrected chi connectivity index (χ0v) is 12.7. The third kappa shape index (κ3) is 2.52. The van der Waals surface area contributed by atoms with Crippen LogP contribution < -0.4 is 5.73 Å². The van der Waals surface area contributed by atoms with Gasteiger partial charge < -0.3 is 5.73 Å². The molecule has 104 valence electrons. The van der Waals surface area contributed by atoms with Gasteiger partial charge in [-0.3, -0.25) is 4.90 Å². The second-order valence-electron chi connectivity index (χ2n) is 5.91. The van der Waals surface area contributed by atoms with Crippen LogP contribution in [0.5, 0.6) is 0 Å². The smallest absolute Gasteiger partial charge is 0.0454 e. The highest BCUT2D eigenvalue weighted by molar-refractivity contribution is 6.33. The second-order valence-corrected chi connectivity index (χ2v) is 6.75. The monoisotopic (exact) mass is 298 g/mol. The number of benzene rings is 1. The topological polar surface area (TPSA) is 29.3 Å². The van der Waals surface area contributed by atoms with Gasteiger partial charge in [-0.15, -0.1) is 0 Å². The number of halogens is 2. The first-order valence-electron chi connectivity index (χ1n) is 7.04. The van der Waals surface area contributed by atoms with Crippen molar-refractivity contribution < 1.29 is 0 Å². The molecule has 2 heterocycles. The Morgan fingerprint density at radius 2 is 1.84 bits per heavy atom. The molecule has 0 amide bonds. The Hall–Kier alpha value is -0.280. The fourth-order valence-corrected chi connectivity index (χ4v) is 4.34. The van der Waals surface area contributed by atoms with Crippen molar-refractivity contribution >= 4 is 23.2 Å². The zero-order valence-electron chi connectivity index (χ0n) is 11.2. The standard InChI is InChI=1S/C15H20Cl2N2/c1-9(14-6-10(16)2-5-15(14)17)19-12-3-4-13(19)8-11(18)7-12/h2,5-6,9,11-13H,3-4,7-8,18H2,1H3. The van der Waals surface area contributed by atoms with E-state index in [1.165, 1.54) is 12.8 Å². The molecule has 3 rings (SSSR count). The number of rotatable bonds is 2. The quantitative estimate of drug-likeness (QED) is 0.894. The predicted octanol–water partition coefficient (Wildman–Crippen LogP) is 4.01. The Balaban J connectivity index is 1.88. The molecule has 3 atom stereocenters. The predicted molar refractivity (Wildman–Crippen MR) is 80.7 cm³/mol. The van der Waals surface area contributed by atoms with E-state index in [4.69, 9.17) is 28.9 Å². The summed E-state index contributed by atoms with van der Waals surface area (Å²) in [6.45, 7) is 2.24. The lowest BCUT2D eigenvalue weighted by atomic mass is 9.94. The molecule has 1 aromatic carbocycles. The number of nitrogens with zero attached hydrogens (tertiary/aromatic N) is 1. The number of hydrogen-bond donors (Lipinski definition) is 1. The van der Waals surface area contributed by atoms with Gasteiger partial charge in [0.15, 0.2) is 0 Å². The van der Waals surface area contributed by atoms with Crippen LogP contribution in [0.25, 0.3) is 0 Å². The minimum absolute atomic E-state index is 0.316. The molecule has 0 aliphatic carbocycles. The minimum Gasteiger partial charge on any atom is -0.328 e. The van der Waals surface area contributed by atoms with Crippen LogP contribution in [0.4, 0.5) is 0 Å². The van der Waals surface area contributed by atoms with Gasteiger partial charge in [-0.1, -0.05) is 23.2 Å². The molecule has 2 N–H and O–H groups in total. The highest BCUT2D eigenvalue weighted by atomic mass is 35.5. The van der Waals surface area contributed by atoms with Crippen LogP contribution in [0.15, 0.2) is 18.2 Å². The molecule has 0 spiro atoms. The van der Waals surface area contributed by atoms with Crippen molar-refractivity contribution in [1.82, 2.24) is 4.90 Å². The summed E-state index contributed by atoms with van der Waals surface area (Å²) >= 11 is 12.5. The number of fused-ring (bicyclic) bond motifs is 2. The molecule has 0 radical (unpaired) electrons. The van der Waals surface area contributed by atoms with Crippen LogP contribution >= 0.6 is 23.2 Å². The molecular weight excluding hydrogens is 279 g/mol. The van der Waals surface area contributed by atoms with E-state index in [2.05, 4.69) is 11.8 Å². The third-order valence-corrected chi connectivity index (χ3v) is 5.26. The number of hydrogen-bond acceptors (Lipinski definition) is 2. The van der Waals surface area contributed by atoms with E-state index in [1.54, 1.807) is 0 Å². The largest absolute Gasteiger partial charge is 0.328 e. The fourth-order valence-electron chi connectivity index (χ4n) is 3.88. The molecule has 2 bridgehead atoms. The maximum atomic E-state index is 6.34. The van der Waals surface area contributed by atoms with Crippen LogP contribution in [-0.4, -0.2) is 23.0 Å². The molecule has 2 fully saturated rings. The van der Waals surface area contributed by atoms with Gasteiger partial charge >= 0.3 is 0 Å². The molecule has 3 unspecified atom stereocenters. The summed E-state index contributed by atoms with van der Waals surface area (Å²) in [6.07, 6.45) is 4.75. The van der Waals surface area contributed by atoms with E-state index < -0.39 is 0 Å². The fraction of sp³-hybridized carbons (Fsp3) is 0.600. The molecule has 1 aromatic rings. The first kappa shape index (κ1) is 13.7. The van der Waals surface area contributed by atoms with Crippen LogP contribution in [-0.2, 0) is 0 Å². The van der Waals surface area contributed by atoms with Gasteiger partial charge in [0.25, 0.3) is 0 Å². The van der Waals surface area contributed by atoms with E-state index in [0.717, 1.165) is 28.5 Å². The summed E-state index contributed by atoms with van der Waals surface area (Å²) in [6, 6.07) is 7.65. The molecule has 4 heteroatoms. The van der Waals surface area contributed by atoms with Gasteiger partial charge in [0.05, 0.1) is 0 Å². The van der Waals surface area contributed by atoms with E-state index in [9.17, 15) is 0 Å². The summed E-state index contributed by atoms with van der Waals surface area (Å²) in [7, 11) is 0. The highest BCUT2D eigenvalue weighted by Crippen LogP contribution is 2.42. The molecule has 2 nitrogen and oxygen atoms in total. The Bertz CT molecular complexity index is 463. The van der Waals surface area contributed by atoms with Crippen molar-refractivity contribution in [1.29, 1.82) is 0 Å². The van der Waals surface area contributed by atoms with Crippen LogP contribution in [0, 0.1) is 0 Å².